The van der Waals surface area contributed by atoms with E-state index in [1.54, 1.807) is 6.92 Å². The summed E-state index contributed by atoms with van der Waals surface area (Å²) in [5, 5.41) is 14.3. The largest absolute Gasteiger partial charge is 0.399 e. The Bertz CT molecular complexity index is 328. The molecule has 0 bridgehead atoms. The van der Waals surface area contributed by atoms with Crippen molar-refractivity contribution >= 4 is 17.1 Å². The molecule has 1 aromatic rings. The Balaban J connectivity index is 0.000000288. The molecule has 0 saturated carbocycles. The Kier molecular flexibility index (Phi) is 6.84. The Morgan fingerprint density at radius 2 is 1.69 bits per heavy atom. The maximum Gasteiger partial charge on any atom is 0.0521 e. The Labute approximate surface area is 97.7 Å². The van der Waals surface area contributed by atoms with Crippen LogP contribution in [0.3, 0.4) is 0 Å². The molecule has 0 fully saturated rings. The average Bonchev–Trinajstić information content (AvgIpc) is 2.18. The van der Waals surface area contributed by atoms with Crippen molar-refractivity contribution in [1.29, 1.82) is 10.8 Å². The van der Waals surface area contributed by atoms with Crippen LogP contribution in [0.5, 0.6) is 0 Å². The highest BCUT2D eigenvalue weighted by Gasteiger charge is 2.01. The summed E-state index contributed by atoms with van der Waals surface area (Å²) in [5.41, 5.74) is 7.03. The van der Waals surface area contributed by atoms with Crippen molar-refractivity contribution in [3.63, 3.8) is 0 Å². The molecule has 16 heavy (non-hydrogen) atoms. The van der Waals surface area contributed by atoms with E-state index in [2.05, 4.69) is 13.8 Å². The third-order valence-corrected chi connectivity index (χ3v) is 1.86. The SMILES string of the molecule is CC(=N)C(=N)CC(C)C.Nc1ccccc1. The molecule has 0 aliphatic heterocycles. The van der Waals surface area contributed by atoms with Crippen molar-refractivity contribution in [2.24, 2.45) is 5.92 Å². The number of benzene rings is 1. The average molecular weight is 219 g/mol. The molecular weight excluding hydrogens is 198 g/mol. The molecule has 3 nitrogen and oxygen atoms in total. The highest BCUT2D eigenvalue weighted by molar-refractivity contribution is 6.38. The summed E-state index contributed by atoms with van der Waals surface area (Å²) < 4.78 is 0. The number of rotatable bonds is 3. The summed E-state index contributed by atoms with van der Waals surface area (Å²) in [6, 6.07) is 9.49. The molecule has 0 spiro atoms. The zero-order chi connectivity index (χ0) is 12.6. The fraction of sp³-hybridized carbons (Fsp3) is 0.385. The zero-order valence-electron chi connectivity index (χ0n) is 10.2. The van der Waals surface area contributed by atoms with E-state index in [0.717, 1.165) is 12.1 Å². The molecule has 0 aliphatic rings. The van der Waals surface area contributed by atoms with Gasteiger partial charge in [-0.25, -0.2) is 0 Å². The Hall–Kier alpha value is -1.64. The van der Waals surface area contributed by atoms with Gasteiger partial charge in [-0.15, -0.1) is 0 Å². The van der Waals surface area contributed by atoms with Gasteiger partial charge >= 0.3 is 0 Å². The predicted octanol–water partition coefficient (Wildman–Crippen LogP) is 3.36. The van der Waals surface area contributed by atoms with Gasteiger partial charge in [0.05, 0.1) is 5.71 Å². The molecule has 0 aliphatic carbocycles. The fourth-order valence-electron chi connectivity index (χ4n) is 1.01. The van der Waals surface area contributed by atoms with E-state index in [-0.39, 0.29) is 0 Å². The maximum atomic E-state index is 7.25. The first kappa shape index (κ1) is 14.4. The molecule has 4 N–H and O–H groups in total. The summed E-state index contributed by atoms with van der Waals surface area (Å²) in [4.78, 5) is 0. The highest BCUT2D eigenvalue weighted by Crippen LogP contribution is 2.00. The third-order valence-electron chi connectivity index (χ3n) is 1.86. The van der Waals surface area contributed by atoms with Crippen molar-refractivity contribution in [3.05, 3.63) is 30.3 Å². The van der Waals surface area contributed by atoms with Gasteiger partial charge in [-0.1, -0.05) is 32.0 Å². The molecule has 88 valence electrons. The molecule has 0 saturated heterocycles. The number of hydrogen-bond acceptors (Lipinski definition) is 3. The van der Waals surface area contributed by atoms with Gasteiger partial charge in [-0.2, -0.15) is 0 Å². The lowest BCUT2D eigenvalue weighted by molar-refractivity contribution is 0.685. The van der Waals surface area contributed by atoms with Gasteiger partial charge in [0.15, 0.2) is 0 Å². The van der Waals surface area contributed by atoms with Crippen molar-refractivity contribution in [2.45, 2.75) is 27.2 Å². The quantitative estimate of drug-likeness (QED) is 0.529. The smallest absolute Gasteiger partial charge is 0.0521 e. The lowest BCUT2D eigenvalue weighted by atomic mass is 10.0. The summed E-state index contributed by atoms with van der Waals surface area (Å²) in [6.07, 6.45) is 0.731. The number of para-hydroxylation sites is 1. The summed E-state index contributed by atoms with van der Waals surface area (Å²) in [5.74, 6) is 0.498. The van der Waals surface area contributed by atoms with E-state index >= 15 is 0 Å². The van der Waals surface area contributed by atoms with Crippen LogP contribution in [0.15, 0.2) is 30.3 Å². The van der Waals surface area contributed by atoms with E-state index in [4.69, 9.17) is 16.6 Å². The van der Waals surface area contributed by atoms with Crippen LogP contribution in [-0.2, 0) is 0 Å². The minimum Gasteiger partial charge on any atom is -0.399 e. The molecular formula is C13H21N3. The van der Waals surface area contributed by atoms with Gasteiger partial charge in [0, 0.05) is 11.4 Å². The minimum absolute atomic E-state index is 0.392. The van der Waals surface area contributed by atoms with Gasteiger partial charge in [0.2, 0.25) is 0 Å². The number of nitrogens with one attached hydrogen (secondary N) is 2. The second-order valence-corrected chi connectivity index (χ2v) is 4.11. The molecule has 0 radical (unpaired) electrons. The van der Waals surface area contributed by atoms with Crippen LogP contribution in [0.1, 0.15) is 27.2 Å². The topological polar surface area (TPSA) is 73.7 Å². The molecule has 0 heterocycles. The van der Waals surface area contributed by atoms with Gasteiger partial charge < -0.3 is 16.6 Å². The highest BCUT2D eigenvalue weighted by atomic mass is 14.5. The molecule has 3 heteroatoms. The van der Waals surface area contributed by atoms with Crippen LogP contribution in [-0.4, -0.2) is 11.4 Å². The molecule has 0 aromatic heterocycles. The first-order chi connectivity index (χ1) is 7.43. The second-order valence-electron chi connectivity index (χ2n) is 4.11. The van der Waals surface area contributed by atoms with Gasteiger partial charge in [0.25, 0.3) is 0 Å². The number of hydrogen-bond donors (Lipinski definition) is 3. The van der Waals surface area contributed by atoms with E-state index in [1.807, 2.05) is 30.3 Å². The monoisotopic (exact) mass is 219 g/mol. The van der Waals surface area contributed by atoms with Crippen LogP contribution in [0.25, 0.3) is 0 Å². The summed E-state index contributed by atoms with van der Waals surface area (Å²) in [7, 11) is 0. The first-order valence-electron chi connectivity index (χ1n) is 5.37. The van der Waals surface area contributed by atoms with E-state index in [9.17, 15) is 0 Å². The molecule has 1 rings (SSSR count). The van der Waals surface area contributed by atoms with Crippen LogP contribution in [0.4, 0.5) is 5.69 Å². The standard InChI is InChI=1S/C7H14N2.C6H7N/c1-5(2)4-7(9)6(3)8;7-6-4-2-1-3-5-6/h5,8-9H,4H2,1-3H3;1-5H,7H2. The predicted molar refractivity (Wildman–Crippen MR) is 71.4 cm³/mol. The van der Waals surface area contributed by atoms with Crippen molar-refractivity contribution in [2.75, 3.05) is 5.73 Å². The lowest BCUT2D eigenvalue weighted by Crippen LogP contribution is -2.09. The molecule has 0 unspecified atom stereocenters. The second kappa shape index (κ2) is 7.63. The first-order valence-corrected chi connectivity index (χ1v) is 5.37. The van der Waals surface area contributed by atoms with Gasteiger partial charge in [0.1, 0.15) is 0 Å². The molecule has 1 aromatic carbocycles. The summed E-state index contributed by atoms with van der Waals surface area (Å²) >= 11 is 0. The number of anilines is 1. The van der Waals surface area contributed by atoms with Crippen molar-refractivity contribution in [1.82, 2.24) is 0 Å². The van der Waals surface area contributed by atoms with Gasteiger partial charge in [-0.3, -0.25) is 0 Å². The molecule has 0 amide bonds. The third kappa shape index (κ3) is 7.74. The molecule has 0 atom stereocenters. The minimum atomic E-state index is 0.392. The summed E-state index contributed by atoms with van der Waals surface area (Å²) in [6.45, 7) is 5.76. The maximum absolute atomic E-state index is 7.25. The lowest BCUT2D eigenvalue weighted by Gasteiger charge is -2.03. The van der Waals surface area contributed by atoms with E-state index in [1.165, 1.54) is 0 Å². The normalized spacial score (nSPS) is 9.25. The van der Waals surface area contributed by atoms with Crippen molar-refractivity contribution < 1.29 is 0 Å². The van der Waals surface area contributed by atoms with Crippen LogP contribution >= 0.6 is 0 Å². The number of nitrogens with two attached hydrogens (primary N) is 1. The number of nitrogen functional groups attached to an aromatic ring is 1. The van der Waals surface area contributed by atoms with E-state index < -0.39 is 0 Å². The van der Waals surface area contributed by atoms with Crippen LogP contribution in [0.2, 0.25) is 0 Å². The van der Waals surface area contributed by atoms with Crippen LogP contribution < -0.4 is 5.73 Å². The Morgan fingerprint density at radius 3 is 1.88 bits per heavy atom. The van der Waals surface area contributed by atoms with E-state index in [0.29, 0.717) is 17.3 Å². The Morgan fingerprint density at radius 1 is 1.19 bits per heavy atom. The fourth-order valence-corrected chi connectivity index (χ4v) is 1.01. The van der Waals surface area contributed by atoms with Gasteiger partial charge in [-0.05, 0) is 31.4 Å². The van der Waals surface area contributed by atoms with Crippen molar-refractivity contribution in [3.8, 4) is 0 Å². The zero-order valence-corrected chi connectivity index (χ0v) is 10.2. The van der Waals surface area contributed by atoms with Crippen LogP contribution in [0, 0.1) is 16.7 Å².